The maximum atomic E-state index is 14.6. The minimum absolute atomic E-state index is 0.179. The topological polar surface area (TPSA) is 88.8 Å². The number of hydrogen-bond donors (Lipinski definition) is 3. The Hall–Kier alpha value is -2.71. The highest BCUT2D eigenvalue weighted by Gasteiger charge is 2.09. The van der Waals surface area contributed by atoms with E-state index < -0.39 is 0 Å². The van der Waals surface area contributed by atoms with Gasteiger partial charge in [-0.3, -0.25) is 9.98 Å². The Bertz CT molecular complexity index is 1130. The van der Waals surface area contributed by atoms with Gasteiger partial charge in [0.25, 0.3) is 0 Å². The van der Waals surface area contributed by atoms with E-state index in [-0.39, 0.29) is 12.5 Å². The van der Waals surface area contributed by atoms with Crippen molar-refractivity contribution in [2.75, 3.05) is 11.4 Å². The molecule has 0 spiro atoms. The lowest BCUT2D eigenvalue weighted by Gasteiger charge is -2.10. The normalized spacial score (nSPS) is 13.5. The molecule has 4 rings (SSSR count). The molecule has 178 valence electrons. The highest BCUT2D eigenvalue weighted by atomic mass is 35.5. The van der Waals surface area contributed by atoms with Gasteiger partial charge >= 0.3 is 0 Å². The first kappa shape index (κ1) is 25.9. The molecule has 1 aliphatic rings. The van der Waals surface area contributed by atoms with Crippen LogP contribution in [0.4, 0.5) is 15.8 Å². The molecule has 0 bridgehead atoms. The number of benzene rings is 3. The molecule has 0 aliphatic heterocycles. The van der Waals surface area contributed by atoms with E-state index in [9.17, 15) is 4.39 Å². The lowest BCUT2D eigenvalue weighted by atomic mass is 10.0. The van der Waals surface area contributed by atoms with Crippen molar-refractivity contribution >= 4 is 47.9 Å². The smallest absolute Gasteiger partial charge is 0.147 e. The Morgan fingerprint density at radius 3 is 2.41 bits per heavy atom. The van der Waals surface area contributed by atoms with E-state index in [4.69, 9.17) is 23.1 Å². The molecule has 0 saturated heterocycles. The molecule has 0 aromatic heterocycles. The Morgan fingerprint density at radius 1 is 1.09 bits per heavy atom. The Balaban J connectivity index is 0.000000469. The van der Waals surface area contributed by atoms with Gasteiger partial charge in [0.1, 0.15) is 5.82 Å². The fraction of sp³-hybridized carbons (Fsp3) is 0.231. The lowest BCUT2D eigenvalue weighted by Crippen LogP contribution is -2.13. The predicted octanol–water partition coefficient (Wildman–Crippen LogP) is 6.82. The van der Waals surface area contributed by atoms with Crippen molar-refractivity contribution in [1.29, 1.82) is 0 Å². The number of nitrogens with two attached hydrogens (primary N) is 2. The summed E-state index contributed by atoms with van der Waals surface area (Å²) in [4.78, 5) is 8.84. The lowest BCUT2D eigenvalue weighted by molar-refractivity contribution is 0.633. The van der Waals surface area contributed by atoms with E-state index in [1.807, 2.05) is 42.5 Å². The summed E-state index contributed by atoms with van der Waals surface area (Å²) < 4.78 is 17.6. The van der Waals surface area contributed by atoms with Crippen LogP contribution in [0.2, 0.25) is 5.02 Å². The van der Waals surface area contributed by atoms with Gasteiger partial charge in [-0.2, -0.15) is 0 Å². The average molecular weight is 498 g/mol. The molecule has 5 nitrogen and oxygen atoms in total. The van der Waals surface area contributed by atoms with Crippen LogP contribution < -0.4 is 16.2 Å². The summed E-state index contributed by atoms with van der Waals surface area (Å²) in [5, 5.41) is 0.611. The second-order valence-electron chi connectivity index (χ2n) is 7.80. The van der Waals surface area contributed by atoms with Gasteiger partial charge in [-0.15, -0.1) is 0 Å². The van der Waals surface area contributed by atoms with Gasteiger partial charge < -0.3 is 16.2 Å². The summed E-state index contributed by atoms with van der Waals surface area (Å²) in [6.45, 7) is 3.74. The van der Waals surface area contributed by atoms with Crippen LogP contribution in [0.3, 0.4) is 0 Å². The number of nitrogens with zero attached hydrogens (tertiary/aromatic N) is 2. The standard InChI is InChI=1S/C21H18ClFN4S.C5H11N/c1-25-19-8-6-14(10-16(19)12-26-13-24)15-7-9-20(18(23)11-15)27-28-21-5-3-2-4-17(21)22;6-5-3-1-2-4-5/h2-12,27H,1,13,24H2;5H,1-4,6H2/b26-12-;. The number of rotatable bonds is 7. The molecular formula is C26H29ClFN5S. The van der Waals surface area contributed by atoms with E-state index in [0.29, 0.717) is 22.4 Å². The van der Waals surface area contributed by atoms with Crippen molar-refractivity contribution in [3.63, 3.8) is 0 Å². The van der Waals surface area contributed by atoms with Gasteiger partial charge in [0.05, 0.1) is 23.1 Å². The third kappa shape index (κ3) is 7.40. The predicted molar refractivity (Wildman–Crippen MR) is 145 cm³/mol. The molecule has 3 aromatic carbocycles. The van der Waals surface area contributed by atoms with Crippen LogP contribution in [0.5, 0.6) is 0 Å². The number of anilines is 1. The SMILES string of the molecule is C=Nc1ccc(-c2ccc(NSc3ccccc3Cl)c(F)c2)cc1/C=N\CN.NC1CCCC1. The third-order valence-corrected chi connectivity index (χ3v) is 6.68. The van der Waals surface area contributed by atoms with Gasteiger partial charge in [-0.25, -0.2) is 4.39 Å². The van der Waals surface area contributed by atoms with E-state index in [0.717, 1.165) is 21.6 Å². The maximum absolute atomic E-state index is 14.6. The van der Waals surface area contributed by atoms with Crippen LogP contribution in [0.15, 0.2) is 75.5 Å². The Kier molecular flexibility index (Phi) is 10.1. The average Bonchev–Trinajstić information content (AvgIpc) is 3.34. The molecule has 1 fully saturated rings. The van der Waals surface area contributed by atoms with E-state index in [1.165, 1.54) is 43.7 Å². The highest BCUT2D eigenvalue weighted by molar-refractivity contribution is 8.00. The van der Waals surface area contributed by atoms with Gasteiger partial charge in [0, 0.05) is 22.7 Å². The molecule has 5 N–H and O–H groups in total. The quantitative estimate of drug-likeness (QED) is 0.247. The van der Waals surface area contributed by atoms with Gasteiger partial charge in [-0.1, -0.05) is 48.7 Å². The van der Waals surface area contributed by atoms with Crippen LogP contribution >= 0.6 is 23.5 Å². The molecule has 0 radical (unpaired) electrons. The molecule has 0 amide bonds. The monoisotopic (exact) mass is 497 g/mol. The van der Waals surface area contributed by atoms with Crippen molar-refractivity contribution < 1.29 is 4.39 Å². The van der Waals surface area contributed by atoms with E-state index in [2.05, 4.69) is 21.4 Å². The van der Waals surface area contributed by atoms with Crippen LogP contribution in [0.25, 0.3) is 11.1 Å². The van der Waals surface area contributed by atoms with E-state index in [1.54, 1.807) is 18.3 Å². The van der Waals surface area contributed by atoms with Crippen molar-refractivity contribution in [1.82, 2.24) is 0 Å². The molecule has 0 unspecified atom stereocenters. The summed E-state index contributed by atoms with van der Waals surface area (Å²) in [5.74, 6) is -0.361. The summed E-state index contributed by atoms with van der Waals surface area (Å²) >= 11 is 7.39. The van der Waals surface area contributed by atoms with Gasteiger partial charge in [-0.05, 0) is 79.0 Å². The number of nitrogens with one attached hydrogen (secondary N) is 1. The van der Waals surface area contributed by atoms with E-state index >= 15 is 0 Å². The van der Waals surface area contributed by atoms with Crippen LogP contribution in [-0.4, -0.2) is 25.6 Å². The maximum Gasteiger partial charge on any atom is 0.147 e. The first-order valence-corrected chi connectivity index (χ1v) is 12.2. The summed E-state index contributed by atoms with van der Waals surface area (Å²) in [6.07, 6.45) is 6.89. The molecule has 0 atom stereocenters. The zero-order valence-electron chi connectivity index (χ0n) is 18.9. The zero-order valence-corrected chi connectivity index (χ0v) is 20.5. The molecule has 8 heteroatoms. The summed E-state index contributed by atoms with van der Waals surface area (Å²) in [6, 6.07) is 18.5. The summed E-state index contributed by atoms with van der Waals surface area (Å²) in [7, 11) is 0. The highest BCUT2D eigenvalue weighted by Crippen LogP contribution is 2.32. The fourth-order valence-electron chi connectivity index (χ4n) is 3.50. The minimum Gasteiger partial charge on any atom is -0.328 e. The van der Waals surface area contributed by atoms with Crippen molar-refractivity contribution in [3.05, 3.63) is 77.1 Å². The van der Waals surface area contributed by atoms with Gasteiger partial charge in [0.15, 0.2) is 0 Å². The molecule has 1 aliphatic carbocycles. The second-order valence-corrected chi connectivity index (χ2v) is 9.05. The molecule has 34 heavy (non-hydrogen) atoms. The Labute approximate surface area is 209 Å². The van der Waals surface area contributed by atoms with Gasteiger partial charge in [0.2, 0.25) is 0 Å². The summed E-state index contributed by atoms with van der Waals surface area (Å²) in [5.41, 5.74) is 14.4. The van der Waals surface area contributed by atoms with Crippen LogP contribution in [0, 0.1) is 5.82 Å². The van der Waals surface area contributed by atoms with Crippen molar-refractivity contribution in [2.45, 2.75) is 36.6 Å². The van der Waals surface area contributed by atoms with Crippen LogP contribution in [-0.2, 0) is 0 Å². The third-order valence-electron chi connectivity index (χ3n) is 5.34. The number of hydrogen-bond acceptors (Lipinski definition) is 6. The zero-order chi connectivity index (χ0) is 24.3. The fourth-order valence-corrected chi connectivity index (χ4v) is 4.45. The van der Waals surface area contributed by atoms with Crippen molar-refractivity contribution in [3.8, 4) is 11.1 Å². The van der Waals surface area contributed by atoms with Crippen molar-refractivity contribution in [2.24, 2.45) is 21.5 Å². The number of halogens is 2. The molecular weight excluding hydrogens is 469 g/mol. The second kappa shape index (κ2) is 13.2. The minimum atomic E-state index is -0.361. The van der Waals surface area contributed by atoms with Crippen LogP contribution in [0.1, 0.15) is 31.2 Å². The largest absolute Gasteiger partial charge is 0.328 e. The molecule has 3 aromatic rings. The number of aliphatic imine (C=N–C) groups is 2. The first-order chi connectivity index (χ1) is 16.5. The Morgan fingerprint density at radius 2 is 1.79 bits per heavy atom. The molecule has 1 saturated carbocycles. The molecule has 0 heterocycles. The first-order valence-electron chi connectivity index (χ1n) is 11.1.